The van der Waals surface area contributed by atoms with Crippen LogP contribution in [0, 0.1) is 5.92 Å². The van der Waals surface area contributed by atoms with Crippen LogP contribution in [0.25, 0.3) is 10.9 Å². The zero-order valence-corrected chi connectivity index (χ0v) is 21.4. The minimum absolute atomic E-state index is 0.00414. The van der Waals surface area contributed by atoms with Crippen molar-refractivity contribution in [1.82, 2.24) is 10.3 Å². The van der Waals surface area contributed by atoms with Gasteiger partial charge in [-0.2, -0.15) is 13.2 Å². The van der Waals surface area contributed by atoms with E-state index in [0.717, 1.165) is 37.4 Å². The molecule has 2 heterocycles. The number of anilines is 2. The zero-order valence-electron chi connectivity index (χ0n) is 20.6. The molecule has 2 fully saturated rings. The van der Waals surface area contributed by atoms with Gasteiger partial charge in [0.05, 0.1) is 5.52 Å². The lowest BCUT2D eigenvalue weighted by molar-refractivity contribution is -0.141. The summed E-state index contributed by atoms with van der Waals surface area (Å²) < 4.78 is 40.2. The largest absolute Gasteiger partial charge is 0.433 e. The number of nitrogens with one attached hydrogen (secondary N) is 2. The first-order valence-electron chi connectivity index (χ1n) is 12.8. The van der Waals surface area contributed by atoms with Gasteiger partial charge in [0.25, 0.3) is 0 Å². The number of amides is 2. The fraction of sp³-hybridized carbons (Fsp3) is 0.393. The molecule has 1 saturated heterocycles. The number of hydrogen-bond acceptors (Lipinski definition) is 4. The summed E-state index contributed by atoms with van der Waals surface area (Å²) in [7, 11) is 0. The SMILES string of the molecule is O=C(N[C@H]1CC[C@@H](CNc2cc(C(F)(F)F)nc3ccc(Cl)cc23)CC1)C1CCC(=O)N1c1ccccc1. The molecule has 1 aromatic heterocycles. The van der Waals surface area contributed by atoms with Gasteiger partial charge in [-0.25, -0.2) is 4.98 Å². The summed E-state index contributed by atoms with van der Waals surface area (Å²) in [4.78, 5) is 30.9. The molecule has 1 atom stereocenters. The fourth-order valence-electron chi connectivity index (χ4n) is 5.40. The monoisotopic (exact) mass is 544 g/mol. The molecule has 6 nitrogen and oxygen atoms in total. The minimum Gasteiger partial charge on any atom is -0.384 e. The van der Waals surface area contributed by atoms with Gasteiger partial charge in [-0.15, -0.1) is 0 Å². The topological polar surface area (TPSA) is 74.3 Å². The van der Waals surface area contributed by atoms with Crippen molar-refractivity contribution in [1.29, 1.82) is 0 Å². The molecule has 2 aliphatic rings. The number of nitrogens with zero attached hydrogens (tertiary/aromatic N) is 2. The summed E-state index contributed by atoms with van der Waals surface area (Å²) in [5, 5.41) is 7.29. The third kappa shape index (κ3) is 5.72. The molecule has 2 aromatic carbocycles. The number of rotatable bonds is 6. The van der Waals surface area contributed by atoms with Crippen LogP contribution in [0.5, 0.6) is 0 Å². The Balaban J connectivity index is 1.18. The van der Waals surface area contributed by atoms with Gasteiger partial charge in [-0.1, -0.05) is 29.8 Å². The van der Waals surface area contributed by atoms with Gasteiger partial charge >= 0.3 is 6.18 Å². The van der Waals surface area contributed by atoms with E-state index in [4.69, 9.17) is 11.6 Å². The van der Waals surface area contributed by atoms with Crippen molar-refractivity contribution in [3.05, 3.63) is 65.3 Å². The third-order valence-corrected chi connectivity index (χ3v) is 7.62. The summed E-state index contributed by atoms with van der Waals surface area (Å²) in [6.07, 6.45) is -0.555. The number of benzene rings is 2. The van der Waals surface area contributed by atoms with Crippen molar-refractivity contribution in [2.45, 2.75) is 56.8 Å². The van der Waals surface area contributed by atoms with Crippen LogP contribution in [-0.2, 0) is 15.8 Å². The Bertz CT molecular complexity index is 1330. The molecule has 38 heavy (non-hydrogen) atoms. The number of para-hydroxylation sites is 1. The van der Waals surface area contributed by atoms with Crippen LogP contribution in [0.3, 0.4) is 0 Å². The molecule has 5 rings (SSSR count). The molecule has 2 N–H and O–H groups in total. The Labute approximate surface area is 223 Å². The predicted molar refractivity (Wildman–Crippen MR) is 141 cm³/mol. The van der Waals surface area contributed by atoms with Crippen molar-refractivity contribution >= 4 is 45.7 Å². The van der Waals surface area contributed by atoms with E-state index >= 15 is 0 Å². The molecule has 0 spiro atoms. The maximum atomic E-state index is 13.4. The number of alkyl halides is 3. The maximum Gasteiger partial charge on any atom is 0.433 e. The highest BCUT2D eigenvalue weighted by atomic mass is 35.5. The quantitative estimate of drug-likeness (QED) is 0.388. The van der Waals surface area contributed by atoms with Crippen molar-refractivity contribution in [2.75, 3.05) is 16.8 Å². The lowest BCUT2D eigenvalue weighted by atomic mass is 9.85. The predicted octanol–water partition coefficient (Wildman–Crippen LogP) is 6.19. The van der Waals surface area contributed by atoms with Gasteiger partial charge in [-0.3, -0.25) is 14.5 Å². The van der Waals surface area contributed by atoms with Crippen LogP contribution >= 0.6 is 11.6 Å². The highest BCUT2D eigenvalue weighted by Crippen LogP contribution is 2.35. The molecular formula is C28H28ClF3N4O2. The molecule has 1 unspecified atom stereocenters. The van der Waals surface area contributed by atoms with Crippen molar-refractivity contribution in [2.24, 2.45) is 5.92 Å². The van der Waals surface area contributed by atoms with E-state index < -0.39 is 17.9 Å². The zero-order chi connectivity index (χ0) is 26.9. The summed E-state index contributed by atoms with van der Waals surface area (Å²) in [5.74, 6) is 0.0552. The van der Waals surface area contributed by atoms with E-state index in [1.165, 1.54) is 12.1 Å². The van der Waals surface area contributed by atoms with Crippen molar-refractivity contribution < 1.29 is 22.8 Å². The summed E-state index contributed by atoms with van der Waals surface area (Å²) in [6, 6.07) is 14.4. The highest BCUT2D eigenvalue weighted by Gasteiger charge is 2.38. The maximum absolute atomic E-state index is 13.4. The van der Waals surface area contributed by atoms with E-state index in [-0.39, 0.29) is 29.3 Å². The molecule has 0 bridgehead atoms. The van der Waals surface area contributed by atoms with Crippen molar-refractivity contribution in [3.8, 4) is 0 Å². The number of aromatic nitrogens is 1. The van der Waals surface area contributed by atoms with E-state index in [9.17, 15) is 22.8 Å². The smallest absolute Gasteiger partial charge is 0.384 e. The Morgan fingerprint density at radius 2 is 1.76 bits per heavy atom. The molecule has 0 radical (unpaired) electrons. The van der Waals surface area contributed by atoms with Gasteiger partial charge in [-0.05, 0) is 74.4 Å². The number of halogens is 4. The second-order valence-corrected chi connectivity index (χ2v) is 10.4. The average Bonchev–Trinajstić information content (AvgIpc) is 3.29. The first-order valence-corrected chi connectivity index (χ1v) is 13.2. The van der Waals surface area contributed by atoms with Crippen LogP contribution in [0.2, 0.25) is 5.02 Å². The van der Waals surface area contributed by atoms with Crippen LogP contribution < -0.4 is 15.5 Å². The lowest BCUT2D eigenvalue weighted by Crippen LogP contribution is -2.49. The Morgan fingerprint density at radius 1 is 1.03 bits per heavy atom. The van der Waals surface area contributed by atoms with E-state index in [1.54, 1.807) is 11.0 Å². The molecule has 3 aromatic rings. The normalized spacial score (nSPS) is 22.1. The van der Waals surface area contributed by atoms with Gasteiger partial charge in [0, 0.05) is 40.8 Å². The number of hydrogen-bond donors (Lipinski definition) is 2. The van der Waals surface area contributed by atoms with Crippen LogP contribution in [0.15, 0.2) is 54.6 Å². The molecule has 1 aliphatic carbocycles. The first kappa shape index (κ1) is 26.3. The number of carbonyl (C=O) groups excluding carboxylic acids is 2. The Hall–Kier alpha value is -3.33. The summed E-state index contributed by atoms with van der Waals surface area (Å²) in [6.45, 7) is 0.502. The van der Waals surface area contributed by atoms with Crippen LogP contribution in [0.4, 0.5) is 24.5 Å². The van der Waals surface area contributed by atoms with E-state index in [2.05, 4.69) is 15.6 Å². The van der Waals surface area contributed by atoms with Gasteiger partial charge < -0.3 is 10.6 Å². The van der Waals surface area contributed by atoms with Crippen molar-refractivity contribution in [3.63, 3.8) is 0 Å². The standard InChI is InChI=1S/C28H28ClF3N4O2/c29-18-8-11-22-21(14-18)23(15-25(35-22)28(30,31)32)33-16-17-6-9-19(10-7-17)34-27(38)24-12-13-26(37)36(24)20-4-2-1-3-5-20/h1-5,8,11,14-15,17,19,24H,6-7,9-10,12-13,16H2,(H,33,35)(H,34,38)/t17-,19+,24?. The van der Waals surface area contributed by atoms with Crippen LogP contribution in [0.1, 0.15) is 44.2 Å². The molecule has 1 aliphatic heterocycles. The van der Waals surface area contributed by atoms with Gasteiger partial charge in [0.1, 0.15) is 11.7 Å². The minimum atomic E-state index is -4.56. The third-order valence-electron chi connectivity index (χ3n) is 7.38. The van der Waals surface area contributed by atoms with Crippen LogP contribution in [-0.4, -0.2) is 35.4 Å². The number of fused-ring (bicyclic) bond motifs is 1. The summed E-state index contributed by atoms with van der Waals surface area (Å²) >= 11 is 6.09. The second-order valence-electron chi connectivity index (χ2n) is 9.98. The van der Waals surface area contributed by atoms with E-state index in [0.29, 0.717) is 35.5 Å². The number of pyridine rings is 1. The van der Waals surface area contributed by atoms with Gasteiger partial charge in [0.15, 0.2) is 0 Å². The molecule has 200 valence electrons. The molecular weight excluding hydrogens is 517 g/mol. The van der Waals surface area contributed by atoms with E-state index in [1.807, 2.05) is 30.3 Å². The Kier molecular flexibility index (Phi) is 7.47. The molecule has 10 heteroatoms. The summed E-state index contributed by atoms with van der Waals surface area (Å²) in [5.41, 5.74) is 0.361. The fourth-order valence-corrected chi connectivity index (χ4v) is 5.57. The Morgan fingerprint density at radius 3 is 2.47 bits per heavy atom. The van der Waals surface area contributed by atoms with Gasteiger partial charge in [0.2, 0.25) is 11.8 Å². The number of carbonyl (C=O) groups is 2. The molecule has 1 saturated carbocycles. The lowest BCUT2D eigenvalue weighted by Gasteiger charge is -2.31. The molecule has 2 amide bonds. The highest BCUT2D eigenvalue weighted by molar-refractivity contribution is 6.31. The first-order chi connectivity index (χ1) is 18.2. The second kappa shape index (κ2) is 10.8. The average molecular weight is 545 g/mol.